The lowest BCUT2D eigenvalue weighted by Crippen LogP contribution is -2.32. The molecule has 37 heavy (non-hydrogen) atoms. The van der Waals surface area contributed by atoms with Gasteiger partial charge in [-0.25, -0.2) is 4.98 Å². The number of allylic oxidation sites excluding steroid dienone is 1. The van der Waals surface area contributed by atoms with Gasteiger partial charge in [0.15, 0.2) is 0 Å². The van der Waals surface area contributed by atoms with Crippen LogP contribution < -0.4 is 0 Å². The molecule has 0 bridgehead atoms. The summed E-state index contributed by atoms with van der Waals surface area (Å²) in [5.41, 5.74) is 5.23. The summed E-state index contributed by atoms with van der Waals surface area (Å²) in [5.74, 6) is 0.723. The van der Waals surface area contributed by atoms with Gasteiger partial charge in [0, 0.05) is 23.7 Å². The second kappa shape index (κ2) is 10.4. The molecule has 6 heteroatoms. The summed E-state index contributed by atoms with van der Waals surface area (Å²) in [6.45, 7) is 4.11. The Kier molecular flexibility index (Phi) is 6.64. The highest BCUT2D eigenvalue weighted by molar-refractivity contribution is 6.30. The predicted octanol–water partition coefficient (Wildman–Crippen LogP) is 6.99. The maximum Gasteiger partial charge on any atom is 0.216 e. The number of rotatable bonds is 7. The summed E-state index contributed by atoms with van der Waals surface area (Å²) in [6, 6.07) is 25.7. The number of piperidine rings is 1. The van der Waals surface area contributed by atoms with E-state index in [-0.39, 0.29) is 5.78 Å². The summed E-state index contributed by atoms with van der Waals surface area (Å²) in [5, 5.41) is 0.671. The number of carbonyl (C=O) groups is 1. The first-order valence-corrected chi connectivity index (χ1v) is 13.3. The number of nitrogens with zero attached hydrogens (tertiary/aromatic N) is 4. The second-order valence-corrected chi connectivity index (χ2v) is 10.0. The van der Waals surface area contributed by atoms with Crippen molar-refractivity contribution in [3.8, 4) is 11.3 Å². The fourth-order valence-electron chi connectivity index (χ4n) is 5.30. The number of imidazole rings is 2. The quantitative estimate of drug-likeness (QED) is 0.176. The van der Waals surface area contributed by atoms with Crippen LogP contribution in [0, 0.1) is 0 Å². The number of aromatic nitrogens is 3. The SMILES string of the molecule is O=C(C=Cc1ccc(Cl)cc1)c1c(-c2ccccc2)nc2n(CCN3CCCCC3)c3ccccc3n12. The summed E-state index contributed by atoms with van der Waals surface area (Å²) < 4.78 is 4.32. The molecule has 0 atom stereocenters. The Morgan fingerprint density at radius 3 is 2.30 bits per heavy atom. The average Bonchev–Trinajstić information content (AvgIpc) is 3.48. The fraction of sp³-hybridized carbons (Fsp3) is 0.226. The summed E-state index contributed by atoms with van der Waals surface area (Å²) in [4.78, 5) is 21.5. The van der Waals surface area contributed by atoms with Crippen molar-refractivity contribution in [1.29, 1.82) is 0 Å². The molecule has 0 N–H and O–H groups in total. The van der Waals surface area contributed by atoms with Crippen LogP contribution in [0.5, 0.6) is 0 Å². The van der Waals surface area contributed by atoms with E-state index in [2.05, 4.69) is 27.7 Å². The van der Waals surface area contributed by atoms with Crippen molar-refractivity contribution < 1.29 is 4.79 Å². The fourth-order valence-corrected chi connectivity index (χ4v) is 5.43. The minimum atomic E-state index is -0.0831. The molecule has 0 saturated carbocycles. The third-order valence-corrected chi connectivity index (χ3v) is 7.43. The maximum absolute atomic E-state index is 13.8. The van der Waals surface area contributed by atoms with E-state index >= 15 is 0 Å². The molecule has 0 unspecified atom stereocenters. The van der Waals surface area contributed by atoms with Gasteiger partial charge in [-0.3, -0.25) is 9.20 Å². The first-order chi connectivity index (χ1) is 18.2. The second-order valence-electron chi connectivity index (χ2n) is 9.60. The Balaban J connectivity index is 1.48. The zero-order valence-corrected chi connectivity index (χ0v) is 21.4. The summed E-state index contributed by atoms with van der Waals surface area (Å²) in [6.07, 6.45) is 7.33. The first-order valence-electron chi connectivity index (χ1n) is 12.9. The molecule has 3 aromatic carbocycles. The number of fused-ring (bicyclic) bond motifs is 3. The lowest BCUT2D eigenvalue weighted by atomic mass is 10.1. The molecular weight excluding hydrogens is 480 g/mol. The zero-order chi connectivity index (χ0) is 25.2. The van der Waals surface area contributed by atoms with E-state index in [1.807, 2.05) is 71.1 Å². The van der Waals surface area contributed by atoms with Gasteiger partial charge in [-0.2, -0.15) is 0 Å². The van der Waals surface area contributed by atoms with Crippen LogP contribution in [0.1, 0.15) is 35.3 Å². The minimum absolute atomic E-state index is 0.0831. The average molecular weight is 509 g/mol. The number of hydrogen-bond acceptors (Lipinski definition) is 3. The molecule has 5 aromatic rings. The largest absolute Gasteiger partial charge is 0.308 e. The van der Waals surface area contributed by atoms with Crippen molar-refractivity contribution in [2.45, 2.75) is 25.8 Å². The van der Waals surface area contributed by atoms with Gasteiger partial charge in [-0.1, -0.05) is 78.7 Å². The smallest absolute Gasteiger partial charge is 0.216 e. The highest BCUT2D eigenvalue weighted by Gasteiger charge is 2.24. The van der Waals surface area contributed by atoms with E-state index in [1.54, 1.807) is 6.08 Å². The van der Waals surface area contributed by atoms with Crippen LogP contribution in [0.3, 0.4) is 0 Å². The molecule has 1 aliphatic rings. The number of likely N-dealkylation sites (tertiary alicyclic amines) is 1. The third kappa shape index (κ3) is 4.73. The van der Waals surface area contributed by atoms with Gasteiger partial charge in [0.1, 0.15) is 11.4 Å². The molecule has 1 fully saturated rings. The van der Waals surface area contributed by atoms with Gasteiger partial charge in [-0.15, -0.1) is 0 Å². The van der Waals surface area contributed by atoms with Crippen LogP contribution in [-0.2, 0) is 6.54 Å². The van der Waals surface area contributed by atoms with Gasteiger partial charge >= 0.3 is 0 Å². The molecule has 0 radical (unpaired) electrons. The van der Waals surface area contributed by atoms with Crippen LogP contribution >= 0.6 is 11.6 Å². The normalized spacial score (nSPS) is 14.7. The van der Waals surface area contributed by atoms with Crippen molar-refractivity contribution in [2.75, 3.05) is 19.6 Å². The molecule has 5 nitrogen and oxygen atoms in total. The highest BCUT2D eigenvalue weighted by atomic mass is 35.5. The van der Waals surface area contributed by atoms with Crippen LogP contribution in [-0.4, -0.2) is 44.3 Å². The van der Waals surface area contributed by atoms with Crippen molar-refractivity contribution in [3.05, 3.63) is 101 Å². The summed E-state index contributed by atoms with van der Waals surface area (Å²) >= 11 is 6.03. The zero-order valence-electron chi connectivity index (χ0n) is 20.7. The van der Waals surface area contributed by atoms with E-state index in [0.29, 0.717) is 16.4 Å². The van der Waals surface area contributed by atoms with Crippen molar-refractivity contribution in [2.24, 2.45) is 0 Å². The van der Waals surface area contributed by atoms with Crippen molar-refractivity contribution in [1.82, 2.24) is 18.9 Å². The molecular formula is C31H29ClN4O. The molecule has 186 valence electrons. The van der Waals surface area contributed by atoms with E-state index in [0.717, 1.165) is 54.1 Å². The van der Waals surface area contributed by atoms with Crippen LogP contribution in [0.25, 0.3) is 34.1 Å². The Morgan fingerprint density at radius 2 is 1.54 bits per heavy atom. The topological polar surface area (TPSA) is 42.5 Å². The lowest BCUT2D eigenvalue weighted by molar-refractivity contribution is 0.104. The molecule has 1 aliphatic heterocycles. The van der Waals surface area contributed by atoms with Crippen LogP contribution in [0.2, 0.25) is 5.02 Å². The Labute approximate surface area is 221 Å². The third-order valence-electron chi connectivity index (χ3n) is 7.18. The monoisotopic (exact) mass is 508 g/mol. The molecule has 0 amide bonds. The Bertz CT molecular complexity index is 1570. The number of para-hydroxylation sites is 2. The lowest BCUT2D eigenvalue weighted by Gasteiger charge is -2.26. The highest BCUT2D eigenvalue weighted by Crippen LogP contribution is 2.31. The molecule has 6 rings (SSSR count). The van der Waals surface area contributed by atoms with E-state index < -0.39 is 0 Å². The van der Waals surface area contributed by atoms with Crippen LogP contribution in [0.4, 0.5) is 0 Å². The van der Waals surface area contributed by atoms with Gasteiger partial charge in [-0.05, 0) is 61.8 Å². The van der Waals surface area contributed by atoms with E-state index in [4.69, 9.17) is 16.6 Å². The van der Waals surface area contributed by atoms with Crippen molar-refractivity contribution >= 4 is 40.3 Å². The standard InChI is InChI=1S/C31H29ClN4O/c32-25-16-13-23(14-17-25)15-18-28(37)30-29(24-9-3-1-4-10-24)33-31-35(22-21-34-19-7-2-8-20-34)26-11-5-6-12-27(26)36(30)31/h1,3-6,9-18H,2,7-8,19-22H2. The maximum atomic E-state index is 13.8. The van der Waals surface area contributed by atoms with E-state index in [1.165, 1.54) is 19.3 Å². The Hall–Kier alpha value is -3.67. The van der Waals surface area contributed by atoms with Gasteiger partial charge in [0.25, 0.3) is 0 Å². The number of hydrogen-bond donors (Lipinski definition) is 0. The van der Waals surface area contributed by atoms with Gasteiger partial charge in [0.05, 0.1) is 11.0 Å². The van der Waals surface area contributed by atoms with Gasteiger partial charge in [0.2, 0.25) is 11.6 Å². The molecule has 2 aromatic heterocycles. The first kappa shape index (κ1) is 23.7. The number of benzene rings is 3. The Morgan fingerprint density at radius 1 is 0.838 bits per heavy atom. The molecule has 0 spiro atoms. The molecule has 0 aliphatic carbocycles. The van der Waals surface area contributed by atoms with E-state index in [9.17, 15) is 4.79 Å². The number of halogens is 1. The van der Waals surface area contributed by atoms with Crippen LogP contribution in [0.15, 0.2) is 84.9 Å². The molecule has 3 heterocycles. The summed E-state index contributed by atoms with van der Waals surface area (Å²) in [7, 11) is 0. The minimum Gasteiger partial charge on any atom is -0.308 e. The predicted molar refractivity (Wildman–Crippen MR) is 151 cm³/mol. The molecule has 1 saturated heterocycles. The number of ketones is 1. The van der Waals surface area contributed by atoms with Crippen molar-refractivity contribution in [3.63, 3.8) is 0 Å². The van der Waals surface area contributed by atoms with Gasteiger partial charge < -0.3 is 9.47 Å². The number of carbonyl (C=O) groups excluding carboxylic acids is 1.